The summed E-state index contributed by atoms with van der Waals surface area (Å²) >= 11 is 0. The summed E-state index contributed by atoms with van der Waals surface area (Å²) in [5.74, 6) is 0.869. The second kappa shape index (κ2) is 4.17. The van der Waals surface area contributed by atoms with E-state index < -0.39 is 0 Å². The lowest BCUT2D eigenvalue weighted by molar-refractivity contribution is 0.415. The van der Waals surface area contributed by atoms with Crippen LogP contribution in [0.2, 0.25) is 0 Å². The number of aromatic nitrogens is 2. The van der Waals surface area contributed by atoms with Gasteiger partial charge in [-0.25, -0.2) is 0 Å². The molecule has 1 aromatic heterocycles. The maximum atomic E-state index is 5.11. The third-order valence-corrected chi connectivity index (χ3v) is 2.35. The zero-order valence-electron chi connectivity index (χ0n) is 8.97. The number of nitrogens with zero attached hydrogens (tertiary/aromatic N) is 2. The first kappa shape index (κ1) is 9.77. The van der Waals surface area contributed by atoms with Crippen molar-refractivity contribution in [3.8, 4) is 17.0 Å². The Morgan fingerprint density at radius 3 is 2.47 bits per heavy atom. The summed E-state index contributed by atoms with van der Waals surface area (Å²) in [5, 5.41) is 4.43. The molecule has 3 heteroatoms. The van der Waals surface area contributed by atoms with E-state index in [-0.39, 0.29) is 0 Å². The highest BCUT2D eigenvalue weighted by Gasteiger charge is 2.01. The van der Waals surface area contributed by atoms with E-state index in [0.717, 1.165) is 23.6 Å². The lowest BCUT2D eigenvalue weighted by Gasteiger charge is -2.00. The Kier molecular flexibility index (Phi) is 2.72. The Balaban J connectivity index is 2.28. The van der Waals surface area contributed by atoms with Crippen LogP contribution < -0.4 is 4.74 Å². The van der Waals surface area contributed by atoms with Gasteiger partial charge in [-0.2, -0.15) is 5.10 Å². The van der Waals surface area contributed by atoms with Crippen LogP contribution in [0.1, 0.15) is 6.92 Å². The molecular formula is C12H14N2O. The van der Waals surface area contributed by atoms with E-state index in [0.29, 0.717) is 0 Å². The van der Waals surface area contributed by atoms with E-state index in [2.05, 4.69) is 12.0 Å². The van der Waals surface area contributed by atoms with E-state index in [1.54, 1.807) is 7.11 Å². The number of hydrogen-bond donors (Lipinski definition) is 0. The van der Waals surface area contributed by atoms with Crippen LogP contribution in [0, 0.1) is 0 Å². The van der Waals surface area contributed by atoms with Gasteiger partial charge in [0.05, 0.1) is 12.8 Å². The zero-order chi connectivity index (χ0) is 10.7. The van der Waals surface area contributed by atoms with Crippen LogP contribution in [-0.2, 0) is 6.54 Å². The number of aryl methyl sites for hydroxylation is 1. The third kappa shape index (κ3) is 2.01. The van der Waals surface area contributed by atoms with Gasteiger partial charge in [-0.05, 0) is 37.3 Å². The summed E-state index contributed by atoms with van der Waals surface area (Å²) in [5.41, 5.74) is 2.11. The Labute approximate surface area is 89.3 Å². The first-order chi connectivity index (χ1) is 7.33. The standard InChI is InChI=1S/C12H14N2O/c1-3-14-9-8-12(13-14)10-4-6-11(15-2)7-5-10/h4-9H,3H2,1-2H3. The van der Waals surface area contributed by atoms with Crippen LogP contribution in [-0.4, -0.2) is 16.9 Å². The molecule has 0 fully saturated rings. The van der Waals surface area contributed by atoms with Crippen molar-refractivity contribution in [1.29, 1.82) is 0 Å². The lowest BCUT2D eigenvalue weighted by Crippen LogP contribution is -1.93. The van der Waals surface area contributed by atoms with Gasteiger partial charge < -0.3 is 4.74 Å². The van der Waals surface area contributed by atoms with Gasteiger partial charge in [-0.1, -0.05) is 0 Å². The number of rotatable bonds is 3. The zero-order valence-corrected chi connectivity index (χ0v) is 8.97. The fourth-order valence-electron chi connectivity index (χ4n) is 1.45. The van der Waals surface area contributed by atoms with Crippen molar-refractivity contribution in [3.63, 3.8) is 0 Å². The summed E-state index contributed by atoms with van der Waals surface area (Å²) < 4.78 is 7.02. The maximum Gasteiger partial charge on any atom is 0.118 e. The number of benzene rings is 1. The van der Waals surface area contributed by atoms with Crippen molar-refractivity contribution in [1.82, 2.24) is 9.78 Å². The van der Waals surface area contributed by atoms with E-state index in [4.69, 9.17) is 4.74 Å². The molecule has 2 rings (SSSR count). The monoisotopic (exact) mass is 202 g/mol. The Morgan fingerprint density at radius 2 is 1.93 bits per heavy atom. The summed E-state index contributed by atoms with van der Waals surface area (Å²) in [6, 6.07) is 9.94. The van der Waals surface area contributed by atoms with Gasteiger partial charge in [-0.15, -0.1) is 0 Å². The van der Waals surface area contributed by atoms with Crippen LogP contribution in [0.25, 0.3) is 11.3 Å². The summed E-state index contributed by atoms with van der Waals surface area (Å²) in [6.07, 6.45) is 1.99. The topological polar surface area (TPSA) is 27.1 Å². The quantitative estimate of drug-likeness (QED) is 0.764. The minimum Gasteiger partial charge on any atom is -0.497 e. The number of ether oxygens (including phenoxy) is 1. The molecule has 0 aliphatic heterocycles. The first-order valence-corrected chi connectivity index (χ1v) is 5.01. The minimum absolute atomic E-state index is 0.869. The largest absolute Gasteiger partial charge is 0.497 e. The molecule has 0 N–H and O–H groups in total. The van der Waals surface area contributed by atoms with Gasteiger partial charge in [0.15, 0.2) is 0 Å². The van der Waals surface area contributed by atoms with Crippen LogP contribution in [0.3, 0.4) is 0 Å². The molecule has 0 saturated heterocycles. The molecule has 0 atom stereocenters. The van der Waals surface area contributed by atoms with Crippen molar-refractivity contribution in [2.24, 2.45) is 0 Å². The molecule has 3 nitrogen and oxygen atoms in total. The highest BCUT2D eigenvalue weighted by atomic mass is 16.5. The SMILES string of the molecule is CCn1ccc(-c2ccc(OC)cc2)n1. The van der Waals surface area contributed by atoms with Gasteiger partial charge >= 0.3 is 0 Å². The second-order valence-corrected chi connectivity index (χ2v) is 3.29. The van der Waals surface area contributed by atoms with Crippen LogP contribution in [0.5, 0.6) is 5.75 Å². The van der Waals surface area contributed by atoms with Crippen molar-refractivity contribution in [2.45, 2.75) is 13.5 Å². The van der Waals surface area contributed by atoms with E-state index in [1.807, 2.05) is 41.2 Å². The minimum atomic E-state index is 0.869. The first-order valence-electron chi connectivity index (χ1n) is 5.01. The van der Waals surface area contributed by atoms with E-state index in [9.17, 15) is 0 Å². The van der Waals surface area contributed by atoms with Gasteiger partial charge in [0, 0.05) is 18.3 Å². The predicted molar refractivity (Wildman–Crippen MR) is 59.9 cm³/mol. The predicted octanol–water partition coefficient (Wildman–Crippen LogP) is 2.58. The molecule has 1 aromatic carbocycles. The van der Waals surface area contributed by atoms with Crippen molar-refractivity contribution in [3.05, 3.63) is 36.5 Å². The number of hydrogen-bond acceptors (Lipinski definition) is 2. The van der Waals surface area contributed by atoms with Gasteiger partial charge in [0.1, 0.15) is 5.75 Å². The Hall–Kier alpha value is -1.77. The highest BCUT2D eigenvalue weighted by Crippen LogP contribution is 2.20. The maximum absolute atomic E-state index is 5.11. The molecule has 0 saturated carbocycles. The van der Waals surface area contributed by atoms with Crippen molar-refractivity contribution < 1.29 is 4.74 Å². The molecule has 2 aromatic rings. The Bertz CT molecular complexity index is 431. The molecule has 1 heterocycles. The van der Waals surface area contributed by atoms with Crippen molar-refractivity contribution in [2.75, 3.05) is 7.11 Å². The second-order valence-electron chi connectivity index (χ2n) is 3.29. The van der Waals surface area contributed by atoms with Crippen LogP contribution in [0.4, 0.5) is 0 Å². The summed E-state index contributed by atoms with van der Waals surface area (Å²) in [7, 11) is 1.67. The normalized spacial score (nSPS) is 10.3. The smallest absolute Gasteiger partial charge is 0.118 e. The van der Waals surface area contributed by atoms with Gasteiger partial charge in [0.25, 0.3) is 0 Å². The molecular weight excluding hydrogens is 188 g/mol. The molecule has 0 amide bonds. The molecule has 0 spiro atoms. The third-order valence-electron chi connectivity index (χ3n) is 2.35. The highest BCUT2D eigenvalue weighted by molar-refractivity contribution is 5.59. The Morgan fingerprint density at radius 1 is 1.20 bits per heavy atom. The average Bonchev–Trinajstić information content (AvgIpc) is 2.78. The molecule has 0 aliphatic carbocycles. The summed E-state index contributed by atoms with van der Waals surface area (Å²) in [4.78, 5) is 0. The van der Waals surface area contributed by atoms with Crippen molar-refractivity contribution >= 4 is 0 Å². The molecule has 0 bridgehead atoms. The van der Waals surface area contributed by atoms with Gasteiger partial charge in [-0.3, -0.25) is 4.68 Å². The fourth-order valence-corrected chi connectivity index (χ4v) is 1.45. The number of methoxy groups -OCH3 is 1. The average molecular weight is 202 g/mol. The van der Waals surface area contributed by atoms with Crippen LogP contribution in [0.15, 0.2) is 36.5 Å². The van der Waals surface area contributed by atoms with Gasteiger partial charge in [0.2, 0.25) is 0 Å². The molecule has 15 heavy (non-hydrogen) atoms. The fraction of sp³-hybridized carbons (Fsp3) is 0.250. The summed E-state index contributed by atoms with van der Waals surface area (Å²) in [6.45, 7) is 2.97. The molecule has 0 unspecified atom stereocenters. The lowest BCUT2D eigenvalue weighted by atomic mass is 10.1. The van der Waals surface area contributed by atoms with Crippen LogP contribution >= 0.6 is 0 Å². The van der Waals surface area contributed by atoms with E-state index in [1.165, 1.54) is 0 Å². The molecule has 0 aliphatic rings. The molecule has 0 radical (unpaired) electrons. The molecule has 78 valence electrons. The van der Waals surface area contributed by atoms with E-state index >= 15 is 0 Å².